The number of nitrogens with zero attached hydrogens (tertiary/aromatic N) is 3. The Bertz CT molecular complexity index is 961. The summed E-state index contributed by atoms with van der Waals surface area (Å²) in [7, 11) is 1.16. The third-order valence-corrected chi connectivity index (χ3v) is 3.69. The van der Waals surface area contributed by atoms with Crippen molar-refractivity contribution < 1.29 is 18.7 Å². The molecule has 0 aliphatic heterocycles. The second-order valence-electron chi connectivity index (χ2n) is 5.05. The number of aromatic amines is 1. The fraction of sp³-hybridized carbons (Fsp3) is 0.0625. The van der Waals surface area contributed by atoms with Gasteiger partial charge in [-0.05, 0) is 24.3 Å². The van der Waals surface area contributed by atoms with Gasteiger partial charge in [0.25, 0.3) is 5.91 Å². The normalized spacial score (nSPS) is 10.4. The number of H-pyrrole nitrogens is 1. The first-order valence-electron chi connectivity index (χ1n) is 7.21. The second-order valence-corrected chi connectivity index (χ2v) is 5.46. The summed E-state index contributed by atoms with van der Waals surface area (Å²) in [5.41, 5.74) is 1.02. The molecule has 0 radical (unpaired) electrons. The summed E-state index contributed by atoms with van der Waals surface area (Å²) in [6.07, 6.45) is 3.19. The summed E-state index contributed by atoms with van der Waals surface area (Å²) in [5.74, 6) is -2.25. The van der Waals surface area contributed by atoms with E-state index in [-0.39, 0.29) is 22.0 Å². The van der Waals surface area contributed by atoms with Crippen molar-refractivity contribution in [3.63, 3.8) is 0 Å². The van der Waals surface area contributed by atoms with Crippen molar-refractivity contribution in [1.29, 1.82) is 0 Å². The van der Waals surface area contributed by atoms with Crippen LogP contribution in [0.1, 0.15) is 20.8 Å². The number of hydrogen-bond acceptors (Lipinski definition) is 6. The number of esters is 1. The summed E-state index contributed by atoms with van der Waals surface area (Å²) in [6.45, 7) is 0. The van der Waals surface area contributed by atoms with Crippen molar-refractivity contribution in [3.8, 4) is 11.3 Å². The molecule has 0 unspecified atom stereocenters. The van der Waals surface area contributed by atoms with Crippen molar-refractivity contribution in [2.24, 2.45) is 0 Å². The summed E-state index contributed by atoms with van der Waals surface area (Å²) in [6, 6.07) is 5.02. The van der Waals surface area contributed by atoms with E-state index in [9.17, 15) is 14.0 Å². The summed E-state index contributed by atoms with van der Waals surface area (Å²) >= 11 is 5.68. The molecule has 8 nitrogen and oxygen atoms in total. The van der Waals surface area contributed by atoms with Gasteiger partial charge in [0.1, 0.15) is 5.82 Å². The lowest BCUT2D eigenvalue weighted by Gasteiger charge is -2.10. The lowest BCUT2D eigenvalue weighted by Crippen LogP contribution is -2.17. The van der Waals surface area contributed by atoms with Gasteiger partial charge in [-0.2, -0.15) is 5.10 Å². The maximum Gasteiger partial charge on any atom is 0.340 e. The van der Waals surface area contributed by atoms with Crippen molar-refractivity contribution in [2.75, 3.05) is 12.4 Å². The van der Waals surface area contributed by atoms with Crippen LogP contribution < -0.4 is 5.32 Å². The van der Waals surface area contributed by atoms with Crippen LogP contribution in [0.5, 0.6) is 0 Å². The molecule has 0 bridgehead atoms. The number of anilines is 1. The fourth-order valence-corrected chi connectivity index (χ4v) is 2.28. The van der Waals surface area contributed by atoms with Gasteiger partial charge in [0, 0.05) is 11.8 Å². The first-order valence-corrected chi connectivity index (χ1v) is 7.59. The first kappa shape index (κ1) is 17.5. The molecule has 0 fully saturated rings. The molecule has 3 aromatic rings. The number of halogens is 2. The third kappa shape index (κ3) is 3.52. The minimum atomic E-state index is -0.795. The molecular weight excluding hydrogens is 365 g/mol. The molecular formula is C16H11ClFN5O3. The number of methoxy groups -OCH3 is 1. The number of carbonyl (C=O) groups is 2. The zero-order chi connectivity index (χ0) is 18.7. The van der Waals surface area contributed by atoms with Crippen LogP contribution in [0.2, 0.25) is 5.02 Å². The predicted molar refractivity (Wildman–Crippen MR) is 90.3 cm³/mol. The molecule has 132 valence electrons. The number of nitrogens with one attached hydrogen (secondary N) is 2. The van der Waals surface area contributed by atoms with Crippen molar-refractivity contribution in [2.45, 2.75) is 0 Å². The van der Waals surface area contributed by atoms with Gasteiger partial charge in [-0.15, -0.1) is 10.2 Å². The number of benzene rings is 1. The molecule has 2 N–H and O–H groups in total. The first-order chi connectivity index (χ1) is 12.5. The Balaban J connectivity index is 1.86. The Kier molecular flexibility index (Phi) is 4.90. The van der Waals surface area contributed by atoms with Gasteiger partial charge in [-0.1, -0.05) is 11.6 Å². The molecule has 1 aromatic carbocycles. The SMILES string of the molecule is COC(=O)c1cc(Cl)c(F)cc1NC(=O)c1ccc(-c2cn[nH]c2)nn1. The van der Waals surface area contributed by atoms with Crippen LogP contribution in [0.25, 0.3) is 11.3 Å². The summed E-state index contributed by atoms with van der Waals surface area (Å²) in [5, 5.41) is 16.3. The van der Waals surface area contributed by atoms with E-state index in [0.29, 0.717) is 11.3 Å². The molecule has 0 aliphatic carbocycles. The van der Waals surface area contributed by atoms with Gasteiger partial charge in [0.05, 0.1) is 35.3 Å². The van der Waals surface area contributed by atoms with E-state index < -0.39 is 17.7 Å². The van der Waals surface area contributed by atoms with Gasteiger partial charge >= 0.3 is 5.97 Å². The van der Waals surface area contributed by atoms with E-state index in [2.05, 4.69) is 30.4 Å². The molecule has 0 saturated carbocycles. The largest absolute Gasteiger partial charge is 0.465 e. The van der Waals surface area contributed by atoms with E-state index in [1.807, 2.05) is 0 Å². The van der Waals surface area contributed by atoms with Crippen LogP contribution in [0.4, 0.5) is 10.1 Å². The minimum absolute atomic E-state index is 0.0246. The molecule has 0 atom stereocenters. The van der Waals surface area contributed by atoms with Crippen LogP contribution in [0.15, 0.2) is 36.7 Å². The standard InChI is InChI=1S/C16H11ClFN5O3/c1-26-16(25)9-4-10(17)11(18)5-14(9)21-15(24)13-3-2-12(22-23-13)8-6-19-20-7-8/h2-7H,1H3,(H,19,20)(H,21,24). The van der Waals surface area contributed by atoms with Gasteiger partial charge in [-0.3, -0.25) is 9.89 Å². The number of rotatable bonds is 4. The Labute approximate surface area is 151 Å². The highest BCUT2D eigenvalue weighted by molar-refractivity contribution is 6.31. The predicted octanol–water partition coefficient (Wildman–Crippen LogP) is 2.70. The molecule has 1 amide bonds. The Hall–Kier alpha value is -3.33. The van der Waals surface area contributed by atoms with Crippen molar-refractivity contribution in [1.82, 2.24) is 20.4 Å². The number of ether oxygens (including phenoxy) is 1. The molecule has 2 heterocycles. The molecule has 10 heteroatoms. The maximum absolute atomic E-state index is 13.7. The monoisotopic (exact) mass is 375 g/mol. The number of carbonyl (C=O) groups excluding carboxylic acids is 2. The van der Waals surface area contributed by atoms with Gasteiger partial charge < -0.3 is 10.1 Å². The quantitative estimate of drug-likeness (QED) is 0.678. The van der Waals surface area contributed by atoms with Crippen LogP contribution >= 0.6 is 11.6 Å². The van der Waals surface area contributed by atoms with E-state index in [4.69, 9.17) is 11.6 Å². The van der Waals surface area contributed by atoms with Gasteiger partial charge in [0.2, 0.25) is 0 Å². The van der Waals surface area contributed by atoms with Crippen molar-refractivity contribution >= 4 is 29.2 Å². The van der Waals surface area contributed by atoms with E-state index >= 15 is 0 Å². The third-order valence-electron chi connectivity index (χ3n) is 3.41. The lowest BCUT2D eigenvalue weighted by atomic mass is 10.1. The Morgan fingerprint density at radius 2 is 2.08 bits per heavy atom. The topological polar surface area (TPSA) is 110 Å². The molecule has 0 saturated heterocycles. The highest BCUT2D eigenvalue weighted by Gasteiger charge is 2.19. The lowest BCUT2D eigenvalue weighted by molar-refractivity contribution is 0.0602. The van der Waals surface area contributed by atoms with Crippen LogP contribution in [0.3, 0.4) is 0 Å². The van der Waals surface area contributed by atoms with Crippen molar-refractivity contribution in [3.05, 3.63) is 58.8 Å². The van der Waals surface area contributed by atoms with E-state index in [1.54, 1.807) is 18.5 Å². The van der Waals surface area contributed by atoms with Crippen LogP contribution in [0, 0.1) is 5.82 Å². The van der Waals surface area contributed by atoms with E-state index in [0.717, 1.165) is 19.2 Å². The summed E-state index contributed by atoms with van der Waals surface area (Å²) < 4.78 is 18.3. The molecule has 0 aliphatic rings. The number of aromatic nitrogens is 4. The van der Waals surface area contributed by atoms with Crippen LogP contribution in [-0.2, 0) is 4.74 Å². The fourth-order valence-electron chi connectivity index (χ4n) is 2.11. The smallest absolute Gasteiger partial charge is 0.340 e. The molecule has 3 rings (SSSR count). The zero-order valence-electron chi connectivity index (χ0n) is 13.3. The molecule has 0 spiro atoms. The van der Waals surface area contributed by atoms with Gasteiger partial charge in [0.15, 0.2) is 5.69 Å². The molecule has 26 heavy (non-hydrogen) atoms. The number of amides is 1. The maximum atomic E-state index is 13.7. The van der Waals surface area contributed by atoms with Crippen LogP contribution in [-0.4, -0.2) is 39.4 Å². The second kappa shape index (κ2) is 7.28. The highest BCUT2D eigenvalue weighted by atomic mass is 35.5. The zero-order valence-corrected chi connectivity index (χ0v) is 14.0. The summed E-state index contributed by atoms with van der Waals surface area (Å²) in [4.78, 5) is 24.1. The number of hydrogen-bond donors (Lipinski definition) is 2. The minimum Gasteiger partial charge on any atom is -0.465 e. The average molecular weight is 376 g/mol. The Morgan fingerprint density at radius 3 is 2.69 bits per heavy atom. The van der Waals surface area contributed by atoms with E-state index in [1.165, 1.54) is 6.07 Å². The highest BCUT2D eigenvalue weighted by Crippen LogP contribution is 2.25. The van der Waals surface area contributed by atoms with Gasteiger partial charge in [-0.25, -0.2) is 9.18 Å². The Morgan fingerprint density at radius 1 is 1.27 bits per heavy atom. The molecule has 2 aromatic heterocycles. The average Bonchev–Trinajstić information content (AvgIpc) is 3.18.